The molecule has 0 aliphatic carbocycles. The van der Waals surface area contributed by atoms with Gasteiger partial charge in [-0.2, -0.15) is 0 Å². The first-order valence-corrected chi connectivity index (χ1v) is 16.9. The molecule has 47 heavy (non-hydrogen) atoms. The molecule has 1 aromatic heterocycles. The molecule has 3 saturated heterocycles. The molecule has 1 amide bonds. The number of nitrogens with zero attached hydrogens (tertiary/aromatic N) is 6. The van der Waals surface area contributed by atoms with E-state index < -0.39 is 0 Å². The van der Waals surface area contributed by atoms with E-state index in [0.29, 0.717) is 41.4 Å². The van der Waals surface area contributed by atoms with Crippen molar-refractivity contribution in [2.45, 2.75) is 45.2 Å². The van der Waals surface area contributed by atoms with Crippen molar-refractivity contribution in [2.24, 2.45) is 0 Å². The number of hydrogen-bond donors (Lipinski definition) is 2. The Morgan fingerprint density at radius 3 is 2.60 bits per heavy atom. The fourth-order valence-electron chi connectivity index (χ4n) is 6.93. The zero-order chi connectivity index (χ0) is 32.9. The van der Waals surface area contributed by atoms with Gasteiger partial charge in [0.1, 0.15) is 17.9 Å². The Bertz CT molecular complexity index is 1570. The first kappa shape index (κ1) is 33.0. The lowest BCUT2D eigenvalue weighted by Gasteiger charge is -2.43. The number of piperazine rings is 1. The number of aromatic nitrogens is 2. The van der Waals surface area contributed by atoms with E-state index in [2.05, 4.69) is 54.9 Å². The Kier molecular flexibility index (Phi) is 10.5. The highest BCUT2D eigenvalue weighted by Crippen LogP contribution is 2.41. The third-order valence-electron chi connectivity index (χ3n) is 9.65. The van der Waals surface area contributed by atoms with Crippen molar-refractivity contribution in [3.63, 3.8) is 0 Å². The predicted octanol–water partition coefficient (Wildman–Crippen LogP) is 5.80. The van der Waals surface area contributed by atoms with Gasteiger partial charge in [-0.3, -0.25) is 14.5 Å². The molecular formula is C35H45ClN8O3. The van der Waals surface area contributed by atoms with Gasteiger partial charge in [-0.25, -0.2) is 15.0 Å². The summed E-state index contributed by atoms with van der Waals surface area (Å²) in [6, 6.07) is 12.2. The van der Waals surface area contributed by atoms with Crippen molar-refractivity contribution in [1.29, 1.82) is 0 Å². The largest absolute Gasteiger partial charge is 0.494 e. The molecule has 6 rings (SSSR count). The number of hydrogen-bond acceptors (Lipinski definition) is 10. The van der Waals surface area contributed by atoms with Crippen LogP contribution >= 0.6 is 11.6 Å². The second kappa shape index (κ2) is 14.9. The Morgan fingerprint density at radius 1 is 1.09 bits per heavy atom. The minimum absolute atomic E-state index is 0.0314. The molecule has 0 saturated carbocycles. The molecule has 12 heteroatoms. The number of carbonyl (C=O) groups is 1. The van der Waals surface area contributed by atoms with Gasteiger partial charge < -0.3 is 25.2 Å². The standard InChI is InChI=1S/C35H45ClN8O3/c1-5-35(45)40-28-20-29(32(46-4)21-31(28)43-13-10-25(11-14-43)42-17-15-41(6-2)16-18-42)39-33-22-34(38-23-37-33)44-30(12-19-47-44)26-8-7-9-27(36)24(26)3/h5,7-9,20-23,25,30H,1,6,10-19H2,2-4H3,(H,40,45)(H,37,38,39)/t30-/m1/s1. The van der Waals surface area contributed by atoms with Gasteiger partial charge in [-0.05, 0) is 55.6 Å². The quantitative estimate of drug-likeness (QED) is 0.260. The summed E-state index contributed by atoms with van der Waals surface area (Å²) in [5.74, 6) is 1.55. The predicted molar refractivity (Wildman–Crippen MR) is 188 cm³/mol. The average molecular weight is 661 g/mol. The lowest BCUT2D eigenvalue weighted by atomic mass is 9.99. The maximum atomic E-state index is 12.6. The number of amides is 1. The second-order valence-electron chi connectivity index (χ2n) is 12.3. The summed E-state index contributed by atoms with van der Waals surface area (Å²) in [4.78, 5) is 35.2. The van der Waals surface area contributed by atoms with Crippen LogP contribution in [-0.2, 0) is 9.63 Å². The van der Waals surface area contributed by atoms with Gasteiger partial charge in [-0.15, -0.1) is 0 Å². The van der Waals surface area contributed by atoms with E-state index >= 15 is 0 Å². The van der Waals surface area contributed by atoms with Crippen molar-refractivity contribution in [3.05, 3.63) is 71.5 Å². The number of hydroxylamine groups is 1. The third-order valence-corrected chi connectivity index (χ3v) is 10.1. The molecular weight excluding hydrogens is 616 g/mol. The molecule has 0 unspecified atom stereocenters. The van der Waals surface area contributed by atoms with Gasteiger partial charge in [0, 0.05) is 68.9 Å². The van der Waals surface area contributed by atoms with Crippen molar-refractivity contribution in [3.8, 4) is 5.75 Å². The van der Waals surface area contributed by atoms with Crippen LogP contribution in [0.3, 0.4) is 0 Å². The average Bonchev–Trinajstić information content (AvgIpc) is 3.60. The van der Waals surface area contributed by atoms with Gasteiger partial charge >= 0.3 is 0 Å². The van der Waals surface area contributed by atoms with Crippen LogP contribution in [0.4, 0.5) is 28.7 Å². The molecule has 0 spiro atoms. The SMILES string of the molecule is C=CC(=O)Nc1cc(Nc2cc(N3OCC[C@@H]3c3cccc(Cl)c3C)ncn2)c(OC)cc1N1CCC(N2CCN(CC)CC2)CC1. The molecule has 0 radical (unpaired) electrons. The highest BCUT2D eigenvalue weighted by atomic mass is 35.5. The van der Waals surface area contributed by atoms with E-state index in [1.165, 1.54) is 12.4 Å². The van der Waals surface area contributed by atoms with Crippen molar-refractivity contribution < 1.29 is 14.4 Å². The molecule has 11 nitrogen and oxygen atoms in total. The van der Waals surface area contributed by atoms with Crippen LogP contribution in [0.5, 0.6) is 5.75 Å². The van der Waals surface area contributed by atoms with Crippen LogP contribution in [0.1, 0.15) is 43.4 Å². The molecule has 2 N–H and O–H groups in total. The number of carbonyl (C=O) groups excluding carboxylic acids is 1. The lowest BCUT2D eigenvalue weighted by Crippen LogP contribution is -2.53. The molecule has 3 aliphatic heterocycles. The van der Waals surface area contributed by atoms with Crippen LogP contribution in [0.25, 0.3) is 0 Å². The number of anilines is 5. The first-order chi connectivity index (χ1) is 22.9. The van der Waals surface area contributed by atoms with Crippen LogP contribution in [-0.4, -0.2) is 91.2 Å². The molecule has 1 atom stereocenters. The number of nitrogens with one attached hydrogen (secondary N) is 2. The number of piperidine rings is 1. The minimum atomic E-state index is -0.274. The van der Waals surface area contributed by atoms with Gasteiger partial charge in [0.15, 0.2) is 5.82 Å². The maximum Gasteiger partial charge on any atom is 0.247 e. The summed E-state index contributed by atoms with van der Waals surface area (Å²) >= 11 is 6.45. The number of benzene rings is 2. The topological polar surface area (TPSA) is 98.3 Å². The normalized spacial score (nSPS) is 19.5. The molecule has 250 valence electrons. The Balaban J connectivity index is 1.22. The molecule has 2 aromatic carbocycles. The van der Waals surface area contributed by atoms with Crippen LogP contribution < -0.4 is 25.3 Å². The maximum absolute atomic E-state index is 12.6. The fraction of sp³-hybridized carbons (Fsp3) is 0.457. The number of halogens is 1. The van der Waals surface area contributed by atoms with Gasteiger partial charge in [0.25, 0.3) is 0 Å². The van der Waals surface area contributed by atoms with E-state index in [4.69, 9.17) is 21.2 Å². The van der Waals surface area contributed by atoms with Crippen molar-refractivity contribution >= 4 is 46.2 Å². The van der Waals surface area contributed by atoms with Crippen molar-refractivity contribution in [1.82, 2.24) is 19.8 Å². The highest BCUT2D eigenvalue weighted by Gasteiger charge is 2.31. The van der Waals surface area contributed by atoms with Gasteiger partial charge in [0.05, 0.1) is 36.8 Å². The van der Waals surface area contributed by atoms with Crippen LogP contribution in [0.2, 0.25) is 5.02 Å². The van der Waals surface area contributed by atoms with Gasteiger partial charge in [0.2, 0.25) is 5.91 Å². The summed E-state index contributed by atoms with van der Waals surface area (Å²) in [5, 5.41) is 8.98. The monoisotopic (exact) mass is 660 g/mol. The summed E-state index contributed by atoms with van der Waals surface area (Å²) in [7, 11) is 1.65. The zero-order valence-electron chi connectivity index (χ0n) is 27.5. The smallest absolute Gasteiger partial charge is 0.247 e. The first-order valence-electron chi connectivity index (χ1n) is 16.5. The van der Waals surface area contributed by atoms with E-state index in [0.717, 1.165) is 86.9 Å². The van der Waals surface area contributed by atoms with E-state index in [-0.39, 0.29) is 11.9 Å². The summed E-state index contributed by atoms with van der Waals surface area (Å²) < 4.78 is 5.88. The van der Waals surface area contributed by atoms with E-state index in [9.17, 15) is 4.79 Å². The molecule has 3 aliphatic rings. The van der Waals surface area contributed by atoms with E-state index in [1.54, 1.807) is 7.11 Å². The second-order valence-corrected chi connectivity index (χ2v) is 12.7. The molecule has 0 bridgehead atoms. The fourth-order valence-corrected chi connectivity index (χ4v) is 7.12. The number of methoxy groups -OCH3 is 1. The zero-order valence-corrected chi connectivity index (χ0v) is 28.3. The Hall–Kier alpha value is -3.90. The minimum Gasteiger partial charge on any atom is -0.494 e. The third kappa shape index (κ3) is 7.33. The summed E-state index contributed by atoms with van der Waals surface area (Å²) in [6.07, 6.45) is 5.74. The van der Waals surface area contributed by atoms with Gasteiger partial charge in [-0.1, -0.05) is 37.2 Å². The highest BCUT2D eigenvalue weighted by molar-refractivity contribution is 6.31. The van der Waals surface area contributed by atoms with Crippen molar-refractivity contribution in [2.75, 3.05) is 80.1 Å². The van der Waals surface area contributed by atoms with Crippen LogP contribution in [0.15, 0.2) is 55.4 Å². The van der Waals surface area contributed by atoms with E-state index in [1.807, 2.05) is 42.3 Å². The summed E-state index contributed by atoms with van der Waals surface area (Å²) in [6.45, 7) is 15.9. The summed E-state index contributed by atoms with van der Waals surface area (Å²) in [5.41, 5.74) is 4.40. The lowest BCUT2D eigenvalue weighted by molar-refractivity contribution is -0.111. The Labute approximate surface area is 282 Å². The van der Waals surface area contributed by atoms with Crippen LogP contribution in [0, 0.1) is 6.92 Å². The Morgan fingerprint density at radius 2 is 1.87 bits per heavy atom. The molecule has 3 fully saturated rings. The molecule has 4 heterocycles. The number of ether oxygens (including phenoxy) is 1. The number of rotatable bonds is 10. The number of likely N-dealkylation sites (N-methyl/N-ethyl adjacent to an activating group) is 1. The molecule has 3 aromatic rings.